The number of nitrogens with one attached hydrogen (secondary N) is 1. The molecule has 0 fully saturated rings. The van der Waals surface area contributed by atoms with E-state index in [-0.39, 0.29) is 0 Å². The van der Waals surface area contributed by atoms with E-state index in [2.05, 4.69) is 29.5 Å². The Morgan fingerprint density at radius 2 is 1.81 bits per heavy atom. The molecule has 172 valence electrons. The van der Waals surface area contributed by atoms with E-state index in [0.717, 1.165) is 51.3 Å². The minimum atomic E-state index is 0.319. The van der Waals surface area contributed by atoms with Gasteiger partial charge in [-0.2, -0.15) is 0 Å². The minimum absolute atomic E-state index is 0.319. The first-order valence-corrected chi connectivity index (χ1v) is 10.2. The number of allylic oxidation sites excluding steroid dienone is 1. The third-order valence-electron chi connectivity index (χ3n) is 4.04. The fourth-order valence-corrected chi connectivity index (χ4v) is 2.48. The molecule has 0 atom stereocenters. The van der Waals surface area contributed by atoms with Gasteiger partial charge in [0.2, 0.25) is 0 Å². The monoisotopic (exact) mass is 437 g/mol. The highest BCUT2D eigenvalue weighted by Crippen LogP contribution is 2.31. The van der Waals surface area contributed by atoms with Crippen molar-refractivity contribution in [2.75, 3.05) is 24.8 Å². The number of carbonyl (C=O) groups excluding carboxylic acids is 1. The molecule has 0 radical (unpaired) electrons. The number of nitrogens with zero attached hydrogens (tertiary/aromatic N) is 1. The van der Waals surface area contributed by atoms with Crippen molar-refractivity contribution in [2.24, 2.45) is 0 Å². The van der Waals surface area contributed by atoms with Crippen molar-refractivity contribution in [3.8, 4) is 5.75 Å². The van der Waals surface area contributed by atoms with Crippen LogP contribution in [0, 0.1) is 13.8 Å². The van der Waals surface area contributed by atoms with E-state index in [1.165, 1.54) is 5.94 Å². The molecule has 0 saturated heterocycles. The summed E-state index contributed by atoms with van der Waals surface area (Å²) in [5.74, 6) is 2.09. The zero-order valence-corrected chi connectivity index (χ0v) is 19.7. The number of methoxy groups -OCH3 is 1. The molecule has 0 amide bonds. The number of aliphatic hydroxyl groups is 1. The minimum Gasteiger partial charge on any atom is -0.496 e. The molecule has 4 N–H and O–H groups in total. The summed E-state index contributed by atoms with van der Waals surface area (Å²) in [7, 11) is 1.67. The Labute approximate surface area is 191 Å². The van der Waals surface area contributed by atoms with Crippen molar-refractivity contribution < 1.29 is 14.6 Å². The summed E-state index contributed by atoms with van der Waals surface area (Å²) in [4.78, 5) is 13.0. The third-order valence-corrected chi connectivity index (χ3v) is 4.04. The van der Waals surface area contributed by atoms with Gasteiger partial charge in [0.05, 0.1) is 12.6 Å². The van der Waals surface area contributed by atoms with E-state index in [1.54, 1.807) is 19.4 Å². The molecule has 1 aromatic heterocycles. The number of aryl methyl sites for hydroxylation is 2. The molecule has 0 bridgehead atoms. The van der Waals surface area contributed by atoms with Crippen molar-refractivity contribution in [3.05, 3.63) is 73.0 Å². The lowest BCUT2D eigenvalue weighted by molar-refractivity contribution is 0.295. The van der Waals surface area contributed by atoms with Gasteiger partial charge in [-0.15, -0.1) is 6.58 Å². The van der Waals surface area contributed by atoms with Crippen LogP contribution in [0.2, 0.25) is 0 Å². The van der Waals surface area contributed by atoms with Crippen molar-refractivity contribution in [2.45, 2.75) is 34.1 Å². The lowest BCUT2D eigenvalue weighted by Gasteiger charge is -2.13. The Bertz CT molecular complexity index is 1010. The molecule has 3 aromatic rings. The largest absolute Gasteiger partial charge is 0.496 e. The summed E-state index contributed by atoms with van der Waals surface area (Å²) < 4.78 is 5.36. The van der Waals surface area contributed by atoms with Gasteiger partial charge in [-0.3, -0.25) is 4.98 Å². The molecular weight excluding hydrogens is 402 g/mol. The zero-order valence-electron chi connectivity index (χ0n) is 19.7. The van der Waals surface area contributed by atoms with Crippen LogP contribution in [0.25, 0.3) is 10.9 Å². The number of hydrogen-bond acceptors (Lipinski definition) is 6. The van der Waals surface area contributed by atoms with Crippen LogP contribution in [-0.2, 0) is 4.79 Å². The van der Waals surface area contributed by atoms with E-state index < -0.39 is 0 Å². The van der Waals surface area contributed by atoms with Crippen molar-refractivity contribution >= 4 is 33.9 Å². The molecule has 1 heterocycles. The molecule has 0 spiro atoms. The molecule has 0 aliphatic carbocycles. The van der Waals surface area contributed by atoms with Gasteiger partial charge < -0.3 is 20.9 Å². The molecule has 6 heteroatoms. The fourth-order valence-electron chi connectivity index (χ4n) is 2.48. The molecular formula is C26H35N3O3. The number of pyridine rings is 1. The van der Waals surface area contributed by atoms with Gasteiger partial charge in [0.15, 0.2) is 0 Å². The smallest absolute Gasteiger partial charge is 0.123 e. The number of hydrogen-bond donors (Lipinski definition) is 3. The van der Waals surface area contributed by atoms with Crippen molar-refractivity contribution in [3.63, 3.8) is 0 Å². The van der Waals surface area contributed by atoms with Crippen LogP contribution in [0.3, 0.4) is 0 Å². The van der Waals surface area contributed by atoms with Crippen LogP contribution in [0.5, 0.6) is 5.75 Å². The van der Waals surface area contributed by atoms with Crippen LogP contribution in [0.15, 0.2) is 61.8 Å². The number of nitrogens with two attached hydrogens (primary N) is 1. The van der Waals surface area contributed by atoms with Gasteiger partial charge in [0.1, 0.15) is 11.7 Å². The Balaban J connectivity index is 0.000000820. The van der Waals surface area contributed by atoms with E-state index >= 15 is 0 Å². The molecule has 6 nitrogen and oxygen atoms in total. The number of nitrogen functional groups attached to an aromatic ring is 1. The number of aromatic nitrogens is 1. The van der Waals surface area contributed by atoms with Gasteiger partial charge in [0, 0.05) is 41.3 Å². The van der Waals surface area contributed by atoms with Gasteiger partial charge in [-0.05, 0) is 69.2 Å². The molecule has 2 aromatic carbocycles. The van der Waals surface area contributed by atoms with Gasteiger partial charge in [0.25, 0.3) is 0 Å². The number of benzene rings is 2. The van der Waals surface area contributed by atoms with Crippen LogP contribution >= 0.6 is 0 Å². The zero-order chi connectivity index (χ0) is 24.5. The lowest BCUT2D eigenvalue weighted by Crippen LogP contribution is -1.96. The van der Waals surface area contributed by atoms with Crippen LogP contribution in [0.4, 0.5) is 17.1 Å². The molecule has 3 rings (SSSR count). The van der Waals surface area contributed by atoms with E-state index in [0.29, 0.717) is 6.61 Å². The first-order valence-electron chi connectivity index (χ1n) is 10.2. The predicted molar refractivity (Wildman–Crippen MR) is 136 cm³/mol. The van der Waals surface area contributed by atoms with Crippen LogP contribution in [0.1, 0.15) is 31.4 Å². The molecule has 0 saturated carbocycles. The van der Waals surface area contributed by atoms with E-state index in [9.17, 15) is 0 Å². The Hall–Kier alpha value is -3.60. The lowest BCUT2D eigenvalue weighted by atomic mass is 10.1. The molecule has 0 aliphatic heterocycles. The SMILES string of the molecule is C=C=O.C=CC.CCCO.COc1cc2nccc(Nc3ccc(C)c(N)c3)c2cc1C. The topological polar surface area (TPSA) is 97.5 Å². The number of fused-ring (bicyclic) bond motifs is 1. The Kier molecular flexibility index (Phi) is 14.3. The molecule has 0 unspecified atom stereocenters. The van der Waals surface area contributed by atoms with E-state index in [4.69, 9.17) is 20.4 Å². The Morgan fingerprint density at radius 1 is 1.22 bits per heavy atom. The van der Waals surface area contributed by atoms with Crippen molar-refractivity contribution in [1.29, 1.82) is 0 Å². The summed E-state index contributed by atoms with van der Waals surface area (Å²) >= 11 is 0. The second-order valence-electron chi connectivity index (χ2n) is 6.67. The average molecular weight is 438 g/mol. The highest BCUT2D eigenvalue weighted by atomic mass is 16.5. The summed E-state index contributed by atoms with van der Waals surface area (Å²) in [5, 5.41) is 12.3. The van der Waals surface area contributed by atoms with Gasteiger partial charge in [-0.25, -0.2) is 4.79 Å². The first-order chi connectivity index (χ1) is 15.3. The summed E-state index contributed by atoms with van der Waals surface area (Å²) in [6.07, 6.45) is 4.41. The predicted octanol–water partition coefficient (Wildman–Crippen LogP) is 5.77. The molecule has 32 heavy (non-hydrogen) atoms. The second kappa shape index (κ2) is 16.1. The second-order valence-corrected chi connectivity index (χ2v) is 6.67. The summed E-state index contributed by atoms with van der Waals surface area (Å²) in [6, 6.07) is 12.0. The average Bonchev–Trinajstić information content (AvgIpc) is 2.77. The van der Waals surface area contributed by atoms with Crippen LogP contribution < -0.4 is 15.8 Å². The highest BCUT2D eigenvalue weighted by Gasteiger charge is 2.07. The first kappa shape index (κ1) is 28.4. The van der Waals surface area contributed by atoms with Crippen LogP contribution in [-0.4, -0.2) is 29.7 Å². The standard InChI is InChI=1S/C18H19N3O.C3H8O.C3H6.C2H2O/c1-11-4-5-13(9-15(11)19)21-16-6-7-20-17-10-18(22-3)12(2)8-14(16)17;1-2-3-4;1-3-2;1-2-3/h4-10H,19H2,1-3H3,(H,20,21);4H,2-3H2,1H3;3H,1H2,2H3;1H2. The summed E-state index contributed by atoms with van der Waals surface area (Å²) in [5.41, 5.74) is 11.8. The number of rotatable bonds is 4. The third kappa shape index (κ3) is 9.47. The number of anilines is 3. The maximum absolute atomic E-state index is 8.57. The molecule has 0 aliphatic rings. The normalized spacial score (nSPS) is 8.94. The maximum atomic E-state index is 8.57. The fraction of sp³-hybridized carbons (Fsp3) is 0.269. The van der Waals surface area contributed by atoms with Crippen molar-refractivity contribution in [1.82, 2.24) is 4.98 Å². The maximum Gasteiger partial charge on any atom is 0.123 e. The number of aliphatic hydroxyl groups excluding tert-OH is 1. The number of ether oxygens (including phenoxy) is 1. The van der Waals surface area contributed by atoms with Gasteiger partial charge in [-0.1, -0.05) is 19.1 Å². The highest BCUT2D eigenvalue weighted by molar-refractivity contribution is 5.94. The summed E-state index contributed by atoms with van der Waals surface area (Å²) in [6.45, 7) is 14.2. The quantitative estimate of drug-likeness (QED) is 0.272. The van der Waals surface area contributed by atoms with E-state index in [1.807, 2.05) is 58.0 Å². The van der Waals surface area contributed by atoms with Gasteiger partial charge >= 0.3 is 0 Å². The Morgan fingerprint density at radius 3 is 2.31 bits per heavy atom.